The molecule has 0 saturated heterocycles. The molecule has 6 aromatic rings. The molecular formula is C39H32N2O4S6. The van der Waals surface area contributed by atoms with Gasteiger partial charge in [0.05, 0.1) is 11.1 Å². The third kappa shape index (κ3) is 6.47. The number of fused-ring (bicyclic) bond motifs is 2. The first-order valence-electron chi connectivity index (χ1n) is 16.9. The SMILES string of the molecule is CCCCCN1C(=O)c2cc(-c3ccc(-c4ccc(C=Cc5ccc(-c6ccc(-c7cc8c(s7)C(=O)N(CCCC)C8=O)s6)s5)s4)s3)sc2C1=O. The average Bonchev–Trinajstić information content (AvgIpc) is 3.98. The Balaban J connectivity index is 0.912. The fourth-order valence-electron chi connectivity index (χ4n) is 6.14. The van der Waals surface area contributed by atoms with Crippen LogP contribution in [0.4, 0.5) is 0 Å². The Morgan fingerprint density at radius 1 is 0.451 bits per heavy atom. The molecule has 0 saturated carbocycles. The van der Waals surface area contributed by atoms with Crippen LogP contribution in [0.1, 0.15) is 95.8 Å². The summed E-state index contributed by atoms with van der Waals surface area (Å²) in [6.45, 7) is 5.14. The smallest absolute Gasteiger partial charge is 0.271 e. The molecule has 0 bridgehead atoms. The molecule has 4 amide bonds. The van der Waals surface area contributed by atoms with E-state index < -0.39 is 0 Å². The van der Waals surface area contributed by atoms with Gasteiger partial charge in [0.1, 0.15) is 9.75 Å². The minimum atomic E-state index is -0.168. The lowest BCUT2D eigenvalue weighted by molar-refractivity contribution is 0.0637. The van der Waals surface area contributed by atoms with Gasteiger partial charge in [-0.2, -0.15) is 0 Å². The van der Waals surface area contributed by atoms with Gasteiger partial charge in [0.25, 0.3) is 23.6 Å². The van der Waals surface area contributed by atoms with Gasteiger partial charge in [-0.3, -0.25) is 29.0 Å². The number of carbonyl (C=O) groups excluding carboxylic acids is 4. The normalized spacial score (nSPS) is 14.2. The number of hydrogen-bond donors (Lipinski definition) is 0. The highest BCUT2D eigenvalue weighted by atomic mass is 32.1. The Morgan fingerprint density at radius 3 is 1.27 bits per heavy atom. The summed E-state index contributed by atoms with van der Waals surface area (Å²) in [5.41, 5.74) is 1.08. The fraction of sp³-hybridized carbons (Fsp3) is 0.231. The third-order valence-corrected chi connectivity index (χ3v) is 16.2. The summed E-state index contributed by atoms with van der Waals surface area (Å²) >= 11 is 9.68. The minimum Gasteiger partial charge on any atom is -0.274 e. The number of nitrogens with zero attached hydrogens (tertiary/aromatic N) is 2. The summed E-state index contributed by atoms with van der Waals surface area (Å²) in [6, 6.07) is 20.7. The summed E-state index contributed by atoms with van der Waals surface area (Å²) < 4.78 is 0. The topological polar surface area (TPSA) is 74.8 Å². The Labute approximate surface area is 319 Å². The molecule has 0 N–H and O–H groups in total. The number of rotatable bonds is 13. The quantitative estimate of drug-likeness (QED) is 0.0863. The summed E-state index contributed by atoms with van der Waals surface area (Å²) in [6.07, 6.45) is 8.96. The van der Waals surface area contributed by atoms with Gasteiger partial charge in [-0.25, -0.2) is 0 Å². The van der Waals surface area contributed by atoms with E-state index in [4.69, 9.17) is 0 Å². The number of unbranched alkanes of at least 4 members (excludes halogenated alkanes) is 3. The van der Waals surface area contributed by atoms with E-state index in [9.17, 15) is 19.2 Å². The molecular weight excluding hydrogens is 753 g/mol. The van der Waals surface area contributed by atoms with E-state index in [0.717, 1.165) is 71.1 Å². The lowest BCUT2D eigenvalue weighted by atomic mass is 10.2. The molecule has 8 rings (SSSR count). The highest BCUT2D eigenvalue weighted by molar-refractivity contribution is 7.28. The van der Waals surface area contributed by atoms with Gasteiger partial charge < -0.3 is 0 Å². The van der Waals surface area contributed by atoms with E-state index in [1.165, 1.54) is 42.2 Å². The highest BCUT2D eigenvalue weighted by Gasteiger charge is 2.39. The molecule has 0 spiro atoms. The van der Waals surface area contributed by atoms with Gasteiger partial charge in [0.15, 0.2) is 0 Å². The first-order chi connectivity index (χ1) is 24.8. The Morgan fingerprint density at radius 2 is 0.843 bits per heavy atom. The molecule has 0 aromatic carbocycles. The number of hydrogen-bond acceptors (Lipinski definition) is 10. The molecule has 0 fully saturated rings. The maximum Gasteiger partial charge on any atom is 0.271 e. The summed E-state index contributed by atoms with van der Waals surface area (Å²) in [7, 11) is 0. The molecule has 0 atom stereocenters. The molecule has 6 aromatic heterocycles. The van der Waals surface area contributed by atoms with Crippen LogP contribution in [0.25, 0.3) is 51.2 Å². The molecule has 258 valence electrons. The van der Waals surface area contributed by atoms with E-state index in [1.54, 1.807) is 45.3 Å². The predicted octanol–water partition coefficient (Wildman–Crippen LogP) is 12.1. The van der Waals surface area contributed by atoms with Crippen LogP contribution in [0.3, 0.4) is 0 Å². The number of amides is 4. The maximum atomic E-state index is 12.9. The summed E-state index contributed by atoms with van der Waals surface area (Å²) in [5.74, 6) is -0.642. The van der Waals surface area contributed by atoms with Gasteiger partial charge >= 0.3 is 0 Å². The van der Waals surface area contributed by atoms with Gasteiger partial charge in [-0.05, 0) is 85.7 Å². The maximum absolute atomic E-state index is 12.9. The van der Waals surface area contributed by atoms with Crippen LogP contribution in [0.5, 0.6) is 0 Å². The zero-order valence-corrected chi connectivity index (χ0v) is 32.8. The molecule has 0 radical (unpaired) electrons. The molecule has 12 heteroatoms. The second-order valence-corrected chi connectivity index (χ2v) is 18.9. The standard InChI is InChI=1S/C39H32N2O4S6/c1-3-5-7-19-41-37(43)25-21-33(51-35(25)39(41)45)31-17-15-29(49-31)27-13-11-23(47-27)9-8-22-10-12-26(46-22)28-14-16-30(48-28)32-20-24-34(50-32)38(44)40(36(24)42)18-6-4-2/h8-17,20-21H,3-7,18-19H2,1-2H3. The lowest BCUT2D eigenvalue weighted by Gasteiger charge is -2.13. The molecule has 51 heavy (non-hydrogen) atoms. The van der Waals surface area contributed by atoms with Crippen molar-refractivity contribution in [3.8, 4) is 39.0 Å². The van der Waals surface area contributed by atoms with E-state index in [1.807, 2.05) is 12.1 Å². The second-order valence-electron chi connectivity index (χ2n) is 12.4. The van der Waals surface area contributed by atoms with Crippen LogP contribution in [-0.2, 0) is 0 Å². The fourth-order valence-corrected chi connectivity index (χ4v) is 12.5. The lowest BCUT2D eigenvalue weighted by Crippen LogP contribution is -2.30. The zero-order valence-electron chi connectivity index (χ0n) is 27.9. The number of imide groups is 2. The molecule has 2 aliphatic rings. The molecule has 8 heterocycles. The van der Waals surface area contributed by atoms with Gasteiger partial charge in [0.2, 0.25) is 0 Å². The van der Waals surface area contributed by atoms with Crippen molar-refractivity contribution in [1.29, 1.82) is 0 Å². The molecule has 0 unspecified atom stereocenters. The predicted molar refractivity (Wildman–Crippen MR) is 216 cm³/mol. The van der Waals surface area contributed by atoms with E-state index in [2.05, 4.69) is 74.5 Å². The van der Waals surface area contributed by atoms with Crippen molar-refractivity contribution in [2.75, 3.05) is 13.1 Å². The van der Waals surface area contributed by atoms with Gasteiger partial charge in [0, 0.05) is 61.9 Å². The van der Waals surface area contributed by atoms with Crippen molar-refractivity contribution in [1.82, 2.24) is 9.80 Å². The van der Waals surface area contributed by atoms with Gasteiger partial charge in [-0.15, -0.1) is 68.0 Å². The number of thiophene rings is 6. The van der Waals surface area contributed by atoms with Crippen molar-refractivity contribution in [3.63, 3.8) is 0 Å². The minimum absolute atomic E-state index is 0.153. The summed E-state index contributed by atoms with van der Waals surface area (Å²) in [4.78, 5) is 66.5. The Bertz CT molecular complexity index is 2270. The second kappa shape index (κ2) is 14.3. The van der Waals surface area contributed by atoms with Crippen molar-refractivity contribution in [3.05, 3.63) is 91.3 Å². The summed E-state index contributed by atoms with van der Waals surface area (Å²) in [5, 5.41) is 0. The van der Waals surface area contributed by atoms with Crippen LogP contribution in [-0.4, -0.2) is 46.5 Å². The van der Waals surface area contributed by atoms with Crippen LogP contribution >= 0.6 is 68.0 Å². The van der Waals surface area contributed by atoms with E-state index in [0.29, 0.717) is 34.0 Å². The van der Waals surface area contributed by atoms with Crippen LogP contribution < -0.4 is 0 Å². The van der Waals surface area contributed by atoms with Crippen LogP contribution in [0, 0.1) is 0 Å². The first kappa shape index (κ1) is 34.3. The molecule has 2 aliphatic heterocycles. The van der Waals surface area contributed by atoms with Crippen LogP contribution in [0.15, 0.2) is 60.7 Å². The highest BCUT2D eigenvalue weighted by Crippen LogP contribution is 2.45. The van der Waals surface area contributed by atoms with Crippen molar-refractivity contribution < 1.29 is 19.2 Å². The van der Waals surface area contributed by atoms with Crippen molar-refractivity contribution in [2.45, 2.75) is 46.0 Å². The van der Waals surface area contributed by atoms with Crippen molar-refractivity contribution >= 4 is 104 Å². The molecule has 6 nitrogen and oxygen atoms in total. The third-order valence-electron chi connectivity index (χ3n) is 8.86. The largest absolute Gasteiger partial charge is 0.274 e. The van der Waals surface area contributed by atoms with Crippen LogP contribution in [0.2, 0.25) is 0 Å². The number of carbonyl (C=O) groups is 4. The van der Waals surface area contributed by atoms with E-state index in [-0.39, 0.29) is 23.6 Å². The average molecular weight is 785 g/mol. The monoisotopic (exact) mass is 784 g/mol. The zero-order chi connectivity index (χ0) is 35.2. The molecule has 0 aliphatic carbocycles. The van der Waals surface area contributed by atoms with Gasteiger partial charge in [-0.1, -0.05) is 33.1 Å². The van der Waals surface area contributed by atoms with E-state index >= 15 is 0 Å². The van der Waals surface area contributed by atoms with Crippen molar-refractivity contribution in [2.24, 2.45) is 0 Å². The Kier molecular flexibility index (Phi) is 9.64. The first-order valence-corrected chi connectivity index (χ1v) is 21.8. The Hall–Kier alpha value is -3.78.